The van der Waals surface area contributed by atoms with Gasteiger partial charge in [0.15, 0.2) is 0 Å². The van der Waals surface area contributed by atoms with Crippen molar-refractivity contribution in [3.8, 4) is 0 Å². The molecule has 0 spiro atoms. The van der Waals surface area contributed by atoms with Gasteiger partial charge in [0.1, 0.15) is 0 Å². The Balaban J connectivity index is 4.65. The van der Waals surface area contributed by atoms with Crippen LogP contribution in [0.1, 0.15) is 113 Å². The summed E-state index contributed by atoms with van der Waals surface area (Å²) in [5.41, 5.74) is 5.32. The molecule has 3 heteroatoms. The molecule has 0 heterocycles. The highest BCUT2D eigenvalue weighted by Crippen LogP contribution is 2.32. The van der Waals surface area contributed by atoms with Crippen LogP contribution in [0.3, 0.4) is 0 Å². The van der Waals surface area contributed by atoms with E-state index < -0.39 is 0 Å². The summed E-state index contributed by atoms with van der Waals surface area (Å²) in [6.45, 7) is 15.4. The van der Waals surface area contributed by atoms with Crippen LogP contribution in [0.25, 0.3) is 0 Å². The van der Waals surface area contributed by atoms with Gasteiger partial charge in [0, 0.05) is 17.0 Å². The lowest BCUT2D eigenvalue weighted by atomic mass is 9.73. The Bertz CT molecular complexity index is 360. The van der Waals surface area contributed by atoms with Gasteiger partial charge >= 0.3 is 0 Å². The molecule has 4 N–H and O–H groups in total. The molecule has 0 aromatic rings. The van der Waals surface area contributed by atoms with E-state index in [1.54, 1.807) is 0 Å². The third-order valence-electron chi connectivity index (χ3n) is 6.21. The van der Waals surface area contributed by atoms with Gasteiger partial charge in [-0.05, 0) is 33.1 Å². The molecule has 3 nitrogen and oxygen atoms in total. The number of hydrogen-bond acceptors (Lipinski definition) is 2. The molecule has 0 rings (SSSR count). The van der Waals surface area contributed by atoms with E-state index in [0.29, 0.717) is 6.04 Å². The summed E-state index contributed by atoms with van der Waals surface area (Å²) in [7, 11) is 0. The molecule has 0 aromatic carbocycles. The Morgan fingerprint density at radius 3 is 1.88 bits per heavy atom. The predicted octanol–water partition coefficient (Wildman–Crippen LogP) is 6.26. The third-order valence-corrected chi connectivity index (χ3v) is 6.21. The molecule has 0 aliphatic rings. The molecule has 0 fully saturated rings. The van der Waals surface area contributed by atoms with Crippen molar-refractivity contribution in [2.45, 2.75) is 124 Å². The van der Waals surface area contributed by atoms with Gasteiger partial charge in [0.05, 0.1) is 5.84 Å². The second-order valence-electron chi connectivity index (χ2n) is 9.16. The van der Waals surface area contributed by atoms with Crippen LogP contribution in [0.15, 0.2) is 0 Å². The zero-order valence-corrected chi connectivity index (χ0v) is 18.3. The van der Waals surface area contributed by atoms with Gasteiger partial charge in [-0.15, -0.1) is 0 Å². The van der Waals surface area contributed by atoms with Crippen molar-refractivity contribution < 1.29 is 0 Å². The minimum atomic E-state index is -0.347. The Morgan fingerprint density at radius 2 is 1.40 bits per heavy atom. The zero-order valence-electron chi connectivity index (χ0n) is 18.3. The predicted molar refractivity (Wildman–Crippen MR) is 113 cm³/mol. The van der Waals surface area contributed by atoms with Crippen molar-refractivity contribution in [1.29, 1.82) is 5.41 Å². The third kappa shape index (κ3) is 9.08. The van der Waals surface area contributed by atoms with E-state index in [1.165, 1.54) is 64.2 Å². The average Bonchev–Trinajstić information content (AvgIpc) is 2.50. The topological polar surface area (TPSA) is 61.9 Å². The lowest BCUT2D eigenvalue weighted by Gasteiger charge is -2.44. The first-order valence-corrected chi connectivity index (χ1v) is 10.7. The van der Waals surface area contributed by atoms with Crippen molar-refractivity contribution >= 4 is 5.84 Å². The summed E-state index contributed by atoms with van der Waals surface area (Å²) in [5, 5.41) is 11.7. The molecule has 0 aliphatic carbocycles. The van der Waals surface area contributed by atoms with Crippen molar-refractivity contribution in [3.63, 3.8) is 0 Å². The molecule has 150 valence electrons. The van der Waals surface area contributed by atoms with Gasteiger partial charge in [0.2, 0.25) is 0 Å². The summed E-state index contributed by atoms with van der Waals surface area (Å²) in [4.78, 5) is 0. The van der Waals surface area contributed by atoms with Crippen LogP contribution in [0, 0.1) is 16.7 Å². The van der Waals surface area contributed by atoms with Crippen LogP contribution in [0.2, 0.25) is 0 Å². The summed E-state index contributed by atoms with van der Waals surface area (Å²) in [6, 6.07) is 0.450. The molecule has 0 bridgehead atoms. The first-order chi connectivity index (χ1) is 11.6. The second-order valence-corrected chi connectivity index (χ2v) is 9.16. The maximum Gasteiger partial charge on any atom is 0.0981 e. The highest BCUT2D eigenvalue weighted by atomic mass is 15.0. The van der Waals surface area contributed by atoms with E-state index in [0.717, 1.165) is 5.92 Å². The van der Waals surface area contributed by atoms with Gasteiger partial charge < -0.3 is 11.1 Å². The number of rotatable bonds is 15. The number of nitrogens with one attached hydrogen (secondary N) is 2. The minimum absolute atomic E-state index is 0.186. The number of hydrogen-bond donors (Lipinski definition) is 3. The second kappa shape index (κ2) is 11.9. The van der Waals surface area contributed by atoms with Crippen molar-refractivity contribution in [3.05, 3.63) is 0 Å². The lowest BCUT2D eigenvalue weighted by molar-refractivity contribution is 0.192. The summed E-state index contributed by atoms with van der Waals surface area (Å²) < 4.78 is 0. The summed E-state index contributed by atoms with van der Waals surface area (Å²) >= 11 is 0. The quantitative estimate of drug-likeness (QED) is 0.185. The van der Waals surface area contributed by atoms with Gasteiger partial charge in [-0.3, -0.25) is 5.41 Å². The molecule has 2 atom stereocenters. The summed E-state index contributed by atoms with van der Waals surface area (Å²) in [6.07, 6.45) is 13.4. The van der Waals surface area contributed by atoms with Gasteiger partial charge in [-0.1, -0.05) is 85.5 Å². The number of unbranched alkanes of at least 4 members (excludes halogenated alkanes) is 5. The smallest absolute Gasteiger partial charge is 0.0981 e. The van der Waals surface area contributed by atoms with Crippen molar-refractivity contribution in [1.82, 2.24) is 5.32 Å². The molecule has 0 saturated carbocycles. The number of amidine groups is 1. The molecular formula is C22H47N3. The maximum atomic E-state index is 7.92. The van der Waals surface area contributed by atoms with E-state index in [4.69, 9.17) is 11.1 Å². The highest BCUT2D eigenvalue weighted by Gasteiger charge is 2.40. The first-order valence-electron chi connectivity index (χ1n) is 10.7. The Morgan fingerprint density at radius 1 is 0.920 bits per heavy atom. The normalized spacial score (nSPS) is 15.2. The van der Waals surface area contributed by atoms with Gasteiger partial charge in [-0.2, -0.15) is 0 Å². The highest BCUT2D eigenvalue weighted by molar-refractivity contribution is 5.84. The van der Waals surface area contributed by atoms with E-state index in [-0.39, 0.29) is 16.8 Å². The molecule has 0 aliphatic heterocycles. The fourth-order valence-corrected chi connectivity index (χ4v) is 3.61. The fourth-order valence-electron chi connectivity index (χ4n) is 3.61. The summed E-state index contributed by atoms with van der Waals surface area (Å²) in [5.74, 6) is 1.08. The molecule has 0 amide bonds. The van der Waals surface area contributed by atoms with Gasteiger partial charge in [0.25, 0.3) is 0 Å². The van der Waals surface area contributed by atoms with Crippen LogP contribution in [0.5, 0.6) is 0 Å². The fraction of sp³-hybridized carbons (Fsp3) is 0.955. The monoisotopic (exact) mass is 353 g/mol. The van der Waals surface area contributed by atoms with Crippen LogP contribution < -0.4 is 11.1 Å². The largest absolute Gasteiger partial charge is 0.387 e. The van der Waals surface area contributed by atoms with Crippen molar-refractivity contribution in [2.75, 3.05) is 0 Å². The average molecular weight is 354 g/mol. The van der Waals surface area contributed by atoms with Crippen LogP contribution in [-0.2, 0) is 0 Å². The zero-order chi connectivity index (χ0) is 19.5. The Kier molecular flexibility index (Phi) is 11.7. The standard InChI is InChI=1S/C22H47N3/c1-8-10-12-14-16-19(15-13-11-9-2)17-18(3)25-22(6,7)21(4,5)20(23)24/h18-19,25H,8-17H2,1-7H3,(H3,23,24). The minimum Gasteiger partial charge on any atom is -0.387 e. The van der Waals surface area contributed by atoms with E-state index in [9.17, 15) is 0 Å². The van der Waals surface area contributed by atoms with Crippen LogP contribution in [-0.4, -0.2) is 17.4 Å². The Hall–Kier alpha value is -0.570. The van der Waals surface area contributed by atoms with E-state index in [2.05, 4.69) is 53.8 Å². The molecule has 0 aromatic heterocycles. The van der Waals surface area contributed by atoms with E-state index in [1.807, 2.05) is 0 Å². The molecule has 2 unspecified atom stereocenters. The molecule has 0 saturated heterocycles. The number of nitrogens with two attached hydrogens (primary N) is 1. The Labute approximate surface area is 158 Å². The van der Waals surface area contributed by atoms with Crippen LogP contribution in [0.4, 0.5) is 0 Å². The first kappa shape index (κ1) is 24.4. The maximum absolute atomic E-state index is 7.92. The molecular weight excluding hydrogens is 306 g/mol. The molecule has 0 radical (unpaired) electrons. The lowest BCUT2D eigenvalue weighted by Crippen LogP contribution is -2.59. The van der Waals surface area contributed by atoms with E-state index >= 15 is 0 Å². The SMILES string of the molecule is CCCCCCC(CCCCC)CC(C)NC(C)(C)C(C)(C)C(=N)N. The van der Waals surface area contributed by atoms with Crippen LogP contribution >= 0.6 is 0 Å². The molecule has 25 heavy (non-hydrogen) atoms. The van der Waals surface area contributed by atoms with Crippen molar-refractivity contribution in [2.24, 2.45) is 17.1 Å². The van der Waals surface area contributed by atoms with Gasteiger partial charge in [-0.25, -0.2) is 0 Å².